The van der Waals surface area contributed by atoms with Crippen LogP contribution in [0.25, 0.3) is 10.9 Å². The first kappa shape index (κ1) is 19.1. The zero-order valence-electron chi connectivity index (χ0n) is 15.3. The van der Waals surface area contributed by atoms with E-state index in [9.17, 15) is 18.0 Å². The van der Waals surface area contributed by atoms with E-state index in [1.807, 2.05) is 24.3 Å². The molecular weight excluding hydrogens is 394 g/mol. The Morgan fingerprint density at radius 2 is 1.93 bits per heavy atom. The predicted octanol–water partition coefficient (Wildman–Crippen LogP) is 0.880. The first-order valence-corrected chi connectivity index (χ1v) is 10.5. The van der Waals surface area contributed by atoms with E-state index in [2.05, 4.69) is 15.5 Å². The number of sulfonamides is 1. The van der Waals surface area contributed by atoms with Gasteiger partial charge in [-0.15, -0.1) is 0 Å². The summed E-state index contributed by atoms with van der Waals surface area (Å²) in [5, 5.41) is 15.8. The summed E-state index contributed by atoms with van der Waals surface area (Å²) in [6, 6.07) is 13.4. The maximum Gasteiger partial charge on any atom is 0.238 e. The van der Waals surface area contributed by atoms with Crippen LogP contribution in [0, 0.1) is 5.92 Å². The molecule has 2 heterocycles. The van der Waals surface area contributed by atoms with Crippen LogP contribution in [0.2, 0.25) is 0 Å². The number of hydrogen-bond acceptors (Lipinski definition) is 5. The van der Waals surface area contributed by atoms with E-state index >= 15 is 0 Å². The molecule has 150 valence electrons. The summed E-state index contributed by atoms with van der Waals surface area (Å²) in [6.07, 6.45) is 0.109. The van der Waals surface area contributed by atoms with Crippen LogP contribution >= 0.6 is 0 Å². The van der Waals surface area contributed by atoms with Crippen molar-refractivity contribution in [2.24, 2.45) is 11.1 Å². The fourth-order valence-electron chi connectivity index (χ4n) is 3.37. The highest BCUT2D eigenvalue weighted by Gasteiger charge is 2.36. The molecule has 0 bridgehead atoms. The van der Waals surface area contributed by atoms with Crippen LogP contribution in [0.4, 0.5) is 5.82 Å². The Kier molecular flexibility index (Phi) is 4.81. The molecule has 29 heavy (non-hydrogen) atoms. The van der Waals surface area contributed by atoms with Crippen molar-refractivity contribution in [3.63, 3.8) is 0 Å². The van der Waals surface area contributed by atoms with E-state index < -0.39 is 15.9 Å². The second-order valence-corrected chi connectivity index (χ2v) is 8.47. The van der Waals surface area contributed by atoms with Crippen molar-refractivity contribution < 1.29 is 18.0 Å². The molecule has 1 aromatic heterocycles. The highest BCUT2D eigenvalue weighted by molar-refractivity contribution is 7.89. The molecule has 1 fully saturated rings. The molecule has 2 aromatic carbocycles. The highest BCUT2D eigenvalue weighted by atomic mass is 32.2. The third-order valence-corrected chi connectivity index (χ3v) is 5.85. The molecule has 1 saturated heterocycles. The normalized spacial score (nSPS) is 17.1. The summed E-state index contributed by atoms with van der Waals surface area (Å²) in [5.41, 5.74) is 1.55. The van der Waals surface area contributed by atoms with Crippen LogP contribution < -0.4 is 15.4 Å². The molecule has 1 atom stereocenters. The number of nitrogens with zero attached hydrogens (tertiary/aromatic N) is 2. The summed E-state index contributed by atoms with van der Waals surface area (Å²) >= 11 is 0. The lowest BCUT2D eigenvalue weighted by Crippen LogP contribution is -2.32. The number of H-pyrrole nitrogens is 1. The van der Waals surface area contributed by atoms with Crippen molar-refractivity contribution in [2.45, 2.75) is 17.9 Å². The van der Waals surface area contributed by atoms with Gasteiger partial charge >= 0.3 is 0 Å². The molecule has 0 spiro atoms. The van der Waals surface area contributed by atoms with Gasteiger partial charge in [0.05, 0.1) is 16.3 Å². The molecule has 0 radical (unpaired) electrons. The second-order valence-electron chi connectivity index (χ2n) is 6.90. The summed E-state index contributed by atoms with van der Waals surface area (Å²) in [7, 11) is -3.75. The Bertz CT molecular complexity index is 1190. The number of hydrogen-bond donors (Lipinski definition) is 3. The van der Waals surface area contributed by atoms with Gasteiger partial charge in [-0.3, -0.25) is 19.6 Å². The zero-order chi connectivity index (χ0) is 20.6. The number of primary sulfonamides is 1. The Labute approximate surface area is 166 Å². The van der Waals surface area contributed by atoms with Crippen LogP contribution in [-0.2, 0) is 26.2 Å². The number of anilines is 1. The van der Waals surface area contributed by atoms with Gasteiger partial charge in [0, 0.05) is 24.9 Å². The van der Waals surface area contributed by atoms with E-state index in [-0.39, 0.29) is 36.2 Å². The molecule has 9 nitrogen and oxygen atoms in total. The lowest BCUT2D eigenvalue weighted by molar-refractivity contribution is -0.126. The summed E-state index contributed by atoms with van der Waals surface area (Å²) in [4.78, 5) is 26.5. The van der Waals surface area contributed by atoms with E-state index in [1.165, 1.54) is 17.0 Å². The van der Waals surface area contributed by atoms with E-state index in [1.54, 1.807) is 12.1 Å². The minimum atomic E-state index is -3.75. The number of amides is 2. The number of nitrogens with two attached hydrogens (primary N) is 1. The summed E-state index contributed by atoms with van der Waals surface area (Å²) in [5.74, 6) is -0.350. The second kappa shape index (κ2) is 7.30. The molecule has 1 aliphatic heterocycles. The monoisotopic (exact) mass is 413 g/mol. The third kappa shape index (κ3) is 3.84. The molecule has 3 aromatic rings. The van der Waals surface area contributed by atoms with E-state index in [4.69, 9.17) is 5.14 Å². The van der Waals surface area contributed by atoms with Crippen molar-refractivity contribution in [2.75, 3.05) is 11.4 Å². The molecule has 4 rings (SSSR count). The van der Waals surface area contributed by atoms with Crippen LogP contribution in [0.1, 0.15) is 12.0 Å². The van der Waals surface area contributed by atoms with Gasteiger partial charge in [0.1, 0.15) is 0 Å². The highest BCUT2D eigenvalue weighted by Crippen LogP contribution is 2.29. The fourth-order valence-corrected chi connectivity index (χ4v) is 3.89. The van der Waals surface area contributed by atoms with Gasteiger partial charge in [0.25, 0.3) is 0 Å². The first-order chi connectivity index (χ1) is 13.8. The number of nitrogens with one attached hydrogen (secondary N) is 2. The lowest BCUT2D eigenvalue weighted by atomic mass is 10.1. The standard InChI is InChI=1S/C19H19N5O4S/c20-29(27,28)14-7-5-12(6-8-14)10-21-19(26)13-9-17(25)24(11-13)18-15-3-1-2-4-16(15)22-23-18/h1-8,13H,9-11H2,(H,21,26)(H,22,23)(H2,20,27,28). The maximum absolute atomic E-state index is 12.5. The minimum Gasteiger partial charge on any atom is -0.352 e. The van der Waals surface area contributed by atoms with Crippen molar-refractivity contribution in [1.29, 1.82) is 0 Å². The molecule has 10 heteroatoms. The lowest BCUT2D eigenvalue weighted by Gasteiger charge is -2.14. The number of carbonyl (C=O) groups excluding carboxylic acids is 2. The van der Waals surface area contributed by atoms with Gasteiger partial charge in [-0.2, -0.15) is 5.10 Å². The summed E-state index contributed by atoms with van der Waals surface area (Å²) < 4.78 is 22.6. The van der Waals surface area contributed by atoms with Crippen molar-refractivity contribution >= 4 is 38.6 Å². The third-order valence-electron chi connectivity index (χ3n) is 4.92. The Hall–Kier alpha value is -3.24. The van der Waals surface area contributed by atoms with Gasteiger partial charge in [0.15, 0.2) is 5.82 Å². The molecule has 0 aliphatic carbocycles. The number of carbonyl (C=O) groups is 2. The Morgan fingerprint density at radius 1 is 1.21 bits per heavy atom. The van der Waals surface area contributed by atoms with Crippen molar-refractivity contribution in [3.8, 4) is 0 Å². The number of benzene rings is 2. The molecule has 1 unspecified atom stereocenters. The summed E-state index contributed by atoms with van der Waals surface area (Å²) in [6.45, 7) is 0.476. The number of rotatable bonds is 5. The van der Waals surface area contributed by atoms with E-state index in [0.29, 0.717) is 5.82 Å². The van der Waals surface area contributed by atoms with Gasteiger partial charge < -0.3 is 5.32 Å². The topological polar surface area (TPSA) is 138 Å². The average Bonchev–Trinajstić information content (AvgIpc) is 3.29. The van der Waals surface area contributed by atoms with Crippen molar-refractivity contribution in [1.82, 2.24) is 15.5 Å². The molecule has 2 amide bonds. The minimum absolute atomic E-state index is 0.0100. The Balaban J connectivity index is 1.41. The number of aromatic amines is 1. The quantitative estimate of drug-likeness (QED) is 0.570. The van der Waals surface area contributed by atoms with Crippen LogP contribution in [-0.4, -0.2) is 37.0 Å². The largest absolute Gasteiger partial charge is 0.352 e. The van der Waals surface area contributed by atoms with Gasteiger partial charge in [0.2, 0.25) is 21.8 Å². The smallest absolute Gasteiger partial charge is 0.238 e. The van der Waals surface area contributed by atoms with Crippen LogP contribution in [0.5, 0.6) is 0 Å². The predicted molar refractivity (Wildman–Crippen MR) is 106 cm³/mol. The number of para-hydroxylation sites is 1. The fraction of sp³-hybridized carbons (Fsp3) is 0.211. The van der Waals surface area contributed by atoms with Crippen LogP contribution in [0.3, 0.4) is 0 Å². The first-order valence-electron chi connectivity index (χ1n) is 8.96. The average molecular weight is 413 g/mol. The van der Waals surface area contributed by atoms with Gasteiger partial charge in [-0.05, 0) is 29.8 Å². The molecule has 4 N–H and O–H groups in total. The zero-order valence-corrected chi connectivity index (χ0v) is 16.1. The number of fused-ring (bicyclic) bond motifs is 1. The van der Waals surface area contributed by atoms with E-state index in [0.717, 1.165) is 16.5 Å². The molecule has 1 aliphatic rings. The van der Waals surface area contributed by atoms with Gasteiger partial charge in [-0.25, -0.2) is 13.6 Å². The SMILES string of the molecule is NS(=O)(=O)c1ccc(CNC(=O)C2CC(=O)N(c3n[nH]c4ccccc34)C2)cc1. The maximum atomic E-state index is 12.5. The molecular formula is C19H19N5O4S. The Morgan fingerprint density at radius 3 is 2.66 bits per heavy atom. The molecule has 0 saturated carbocycles. The van der Waals surface area contributed by atoms with Crippen molar-refractivity contribution in [3.05, 3.63) is 54.1 Å². The van der Waals surface area contributed by atoms with Gasteiger partial charge in [-0.1, -0.05) is 24.3 Å². The van der Waals surface area contributed by atoms with Crippen LogP contribution in [0.15, 0.2) is 53.4 Å². The number of aromatic nitrogens is 2.